The van der Waals surface area contributed by atoms with Gasteiger partial charge >= 0.3 is 5.97 Å². The third-order valence-electron chi connectivity index (χ3n) is 1.61. The summed E-state index contributed by atoms with van der Waals surface area (Å²) in [6, 6.07) is 0. The fourth-order valence-corrected chi connectivity index (χ4v) is 1.86. The Hall–Kier alpha value is -1.69. The molecule has 0 aliphatic heterocycles. The molecule has 0 aromatic carbocycles. The number of hydrogen-bond donors (Lipinski definition) is 1. The predicted octanol–water partition coefficient (Wildman–Crippen LogP) is 1.80. The highest BCUT2D eigenvalue weighted by Crippen LogP contribution is 2.26. The van der Waals surface area contributed by atoms with Crippen molar-refractivity contribution in [1.82, 2.24) is 9.97 Å². The van der Waals surface area contributed by atoms with Crippen LogP contribution in [0.3, 0.4) is 0 Å². The number of aromatic nitrogens is 2. The lowest BCUT2D eigenvalue weighted by atomic mass is 10.4. The second kappa shape index (κ2) is 3.22. The molecule has 72 valence electrons. The number of hydrogen-bond acceptors (Lipinski definition) is 5. The van der Waals surface area contributed by atoms with Gasteiger partial charge in [-0.25, -0.2) is 14.8 Å². The van der Waals surface area contributed by atoms with E-state index >= 15 is 0 Å². The molecule has 0 radical (unpaired) electrons. The molecule has 1 N–H and O–H groups in total. The number of rotatable bonds is 2. The number of nitrogens with zero attached hydrogens (tertiary/aromatic N) is 2. The zero-order chi connectivity index (χ0) is 10.1. The van der Waals surface area contributed by atoms with E-state index in [9.17, 15) is 4.79 Å². The maximum absolute atomic E-state index is 10.7. The Kier molecular flexibility index (Phi) is 2.05. The lowest BCUT2D eigenvalue weighted by Crippen LogP contribution is -1.94. The van der Waals surface area contributed by atoms with Crippen molar-refractivity contribution in [1.29, 1.82) is 0 Å². The molecule has 0 spiro atoms. The monoisotopic (exact) mass is 210 g/mol. The molecule has 2 aromatic heterocycles. The van der Waals surface area contributed by atoms with E-state index < -0.39 is 5.97 Å². The molecule has 0 aliphatic rings. The molecule has 0 bridgehead atoms. The maximum Gasteiger partial charge on any atom is 0.347 e. The summed E-state index contributed by atoms with van der Waals surface area (Å²) in [5.41, 5.74) is 0.482. The normalized spacial score (nSPS) is 10.4. The van der Waals surface area contributed by atoms with Crippen LogP contribution >= 0.6 is 11.3 Å². The van der Waals surface area contributed by atoms with Crippen molar-refractivity contribution >= 4 is 17.3 Å². The van der Waals surface area contributed by atoms with Gasteiger partial charge in [0, 0.05) is 0 Å². The first-order chi connectivity index (χ1) is 6.68. The van der Waals surface area contributed by atoms with Gasteiger partial charge in [-0.3, -0.25) is 0 Å². The van der Waals surface area contributed by atoms with Crippen molar-refractivity contribution in [2.45, 2.75) is 6.92 Å². The molecular weight excluding hydrogens is 204 g/mol. The van der Waals surface area contributed by atoms with E-state index in [-0.39, 0.29) is 4.88 Å². The van der Waals surface area contributed by atoms with Crippen LogP contribution in [-0.2, 0) is 0 Å². The van der Waals surface area contributed by atoms with Crippen molar-refractivity contribution in [3.8, 4) is 10.9 Å². The minimum atomic E-state index is -0.974. The van der Waals surface area contributed by atoms with Gasteiger partial charge in [-0.1, -0.05) is 0 Å². The topological polar surface area (TPSA) is 76.2 Å². The molecule has 2 heterocycles. The first kappa shape index (κ1) is 8.89. The van der Waals surface area contributed by atoms with Gasteiger partial charge in [0.15, 0.2) is 5.01 Å². The highest BCUT2D eigenvalue weighted by molar-refractivity contribution is 7.16. The lowest BCUT2D eigenvalue weighted by Gasteiger charge is -1.84. The Labute approximate surface area is 83.0 Å². The van der Waals surface area contributed by atoms with Crippen molar-refractivity contribution in [3.63, 3.8) is 0 Å². The summed E-state index contributed by atoms with van der Waals surface area (Å²) in [7, 11) is 0. The third kappa shape index (κ3) is 1.39. The van der Waals surface area contributed by atoms with Crippen molar-refractivity contribution in [2.24, 2.45) is 0 Å². The van der Waals surface area contributed by atoms with Gasteiger partial charge in [-0.15, -0.1) is 11.3 Å². The number of carboxylic acids is 1. The highest BCUT2D eigenvalue weighted by atomic mass is 32.1. The van der Waals surface area contributed by atoms with Crippen molar-refractivity contribution in [2.75, 3.05) is 0 Å². The van der Waals surface area contributed by atoms with Gasteiger partial charge in [0.05, 0.1) is 11.9 Å². The van der Waals surface area contributed by atoms with Gasteiger partial charge in [0.1, 0.15) is 11.1 Å². The molecule has 0 fully saturated rings. The van der Waals surface area contributed by atoms with Crippen LogP contribution in [0.4, 0.5) is 0 Å². The van der Waals surface area contributed by atoms with Crippen molar-refractivity contribution < 1.29 is 14.3 Å². The van der Waals surface area contributed by atoms with Crippen LogP contribution in [0.15, 0.2) is 16.9 Å². The third-order valence-corrected chi connectivity index (χ3v) is 2.74. The fourth-order valence-electron chi connectivity index (χ4n) is 1.02. The van der Waals surface area contributed by atoms with Gasteiger partial charge in [-0.2, -0.15) is 0 Å². The highest BCUT2D eigenvalue weighted by Gasteiger charge is 2.16. The van der Waals surface area contributed by atoms with E-state index in [0.29, 0.717) is 16.6 Å². The quantitative estimate of drug-likeness (QED) is 0.817. The first-order valence-corrected chi connectivity index (χ1v) is 4.60. The largest absolute Gasteiger partial charge is 0.477 e. The fraction of sp³-hybridized carbons (Fsp3) is 0.125. The summed E-state index contributed by atoms with van der Waals surface area (Å²) < 4.78 is 5.01. The number of aromatic carboxylic acids is 1. The predicted molar refractivity (Wildman–Crippen MR) is 49.3 cm³/mol. The average Bonchev–Trinajstić information content (AvgIpc) is 2.70. The summed E-state index contributed by atoms with van der Waals surface area (Å²) >= 11 is 1.06. The molecule has 0 amide bonds. The first-order valence-electron chi connectivity index (χ1n) is 3.79. The molecule has 0 saturated heterocycles. The Balaban J connectivity index is 2.48. The molecule has 0 atom stereocenters. The maximum atomic E-state index is 10.7. The van der Waals surface area contributed by atoms with Crippen LogP contribution in [0.5, 0.6) is 0 Å². The summed E-state index contributed by atoms with van der Waals surface area (Å²) in [6.07, 6.45) is 2.92. The molecule has 5 nitrogen and oxygen atoms in total. The average molecular weight is 210 g/mol. The van der Waals surface area contributed by atoms with E-state index in [2.05, 4.69) is 9.97 Å². The van der Waals surface area contributed by atoms with Crippen LogP contribution in [0, 0.1) is 6.92 Å². The van der Waals surface area contributed by atoms with E-state index in [0.717, 1.165) is 11.3 Å². The van der Waals surface area contributed by atoms with Crippen LogP contribution in [0.2, 0.25) is 0 Å². The number of oxazole rings is 1. The zero-order valence-corrected chi connectivity index (χ0v) is 8.04. The Morgan fingerprint density at radius 1 is 1.64 bits per heavy atom. The molecular formula is C8H6N2O3S. The number of carbonyl (C=O) groups is 1. The van der Waals surface area contributed by atoms with Gasteiger partial charge in [0.2, 0.25) is 0 Å². The molecule has 2 aromatic rings. The minimum absolute atomic E-state index is 0.221. The minimum Gasteiger partial charge on any atom is -0.477 e. The Morgan fingerprint density at radius 3 is 2.93 bits per heavy atom. The van der Waals surface area contributed by atoms with E-state index in [1.807, 2.05) is 0 Å². The molecule has 2 rings (SSSR count). The molecule has 14 heavy (non-hydrogen) atoms. The molecule has 6 heteroatoms. The van der Waals surface area contributed by atoms with E-state index in [4.69, 9.17) is 9.52 Å². The SMILES string of the molecule is Cc1nc(-c2ncco2)sc1C(=O)O. The summed E-state index contributed by atoms with van der Waals surface area (Å²) in [6.45, 7) is 1.65. The summed E-state index contributed by atoms with van der Waals surface area (Å²) in [5, 5.41) is 9.29. The second-order valence-electron chi connectivity index (χ2n) is 2.58. The standard InChI is InChI=1S/C8H6N2O3S/c1-4-5(8(11)12)14-7(10-4)6-9-2-3-13-6/h2-3H,1H3,(H,11,12). The van der Waals surface area contributed by atoms with Crippen molar-refractivity contribution in [3.05, 3.63) is 23.0 Å². The van der Waals surface area contributed by atoms with E-state index in [1.165, 1.54) is 12.5 Å². The van der Waals surface area contributed by atoms with Gasteiger partial charge in [-0.05, 0) is 6.92 Å². The smallest absolute Gasteiger partial charge is 0.347 e. The van der Waals surface area contributed by atoms with Crippen LogP contribution in [0.1, 0.15) is 15.4 Å². The summed E-state index contributed by atoms with van der Waals surface area (Å²) in [5.74, 6) is -0.622. The molecule has 0 aliphatic carbocycles. The Morgan fingerprint density at radius 2 is 2.43 bits per heavy atom. The van der Waals surface area contributed by atoms with Crippen LogP contribution in [-0.4, -0.2) is 21.0 Å². The number of aryl methyl sites for hydroxylation is 1. The van der Waals surface area contributed by atoms with Crippen LogP contribution < -0.4 is 0 Å². The number of carboxylic acid groups (broad SMARTS) is 1. The van der Waals surface area contributed by atoms with E-state index in [1.54, 1.807) is 6.92 Å². The number of thiazole rings is 1. The zero-order valence-electron chi connectivity index (χ0n) is 7.22. The van der Waals surface area contributed by atoms with Gasteiger partial charge in [0.25, 0.3) is 5.89 Å². The Bertz CT molecular complexity index is 461. The summed E-state index contributed by atoms with van der Waals surface area (Å²) in [4.78, 5) is 18.9. The molecule has 0 unspecified atom stereocenters. The lowest BCUT2D eigenvalue weighted by molar-refractivity contribution is 0.0701. The molecule has 0 saturated carbocycles. The second-order valence-corrected chi connectivity index (χ2v) is 3.58. The van der Waals surface area contributed by atoms with Gasteiger partial charge < -0.3 is 9.52 Å². The van der Waals surface area contributed by atoms with Crippen LogP contribution in [0.25, 0.3) is 10.9 Å².